The molecular weight excluding hydrogens is 220 g/mol. The lowest BCUT2D eigenvalue weighted by Gasteiger charge is -2.59. The van der Waals surface area contributed by atoms with Crippen LogP contribution in [-0.4, -0.2) is 27.6 Å². The van der Waals surface area contributed by atoms with E-state index in [1.807, 2.05) is 0 Å². The molecule has 4 nitrogen and oxygen atoms in total. The van der Waals surface area contributed by atoms with Crippen LogP contribution in [0.3, 0.4) is 0 Å². The summed E-state index contributed by atoms with van der Waals surface area (Å²) in [6.45, 7) is 0. The van der Waals surface area contributed by atoms with Gasteiger partial charge in [-0.05, 0) is 50.4 Å². The van der Waals surface area contributed by atoms with Crippen LogP contribution in [0.25, 0.3) is 0 Å². The van der Waals surface area contributed by atoms with Crippen LogP contribution in [0.15, 0.2) is 0 Å². The van der Waals surface area contributed by atoms with Crippen LogP contribution in [0.1, 0.15) is 44.9 Å². The monoisotopic (exact) mass is 238 g/mol. The third kappa shape index (κ3) is 1.69. The van der Waals surface area contributed by atoms with Crippen LogP contribution in [0.5, 0.6) is 0 Å². The molecule has 0 radical (unpaired) electrons. The molecule has 0 aromatic rings. The molecule has 0 saturated heterocycles. The predicted molar refractivity (Wildman–Crippen MR) is 59.3 cm³/mol. The SMILES string of the molecule is O=C(O)CC(=O)C12CC3CC(CC(O)(C3)C1)C2. The highest BCUT2D eigenvalue weighted by Crippen LogP contribution is 2.62. The second-order valence-electron chi connectivity index (χ2n) is 6.46. The van der Waals surface area contributed by atoms with Crippen LogP contribution >= 0.6 is 0 Å². The maximum Gasteiger partial charge on any atom is 0.310 e. The average Bonchev–Trinajstić information content (AvgIpc) is 2.11. The minimum Gasteiger partial charge on any atom is -0.481 e. The second-order valence-corrected chi connectivity index (χ2v) is 6.46. The smallest absolute Gasteiger partial charge is 0.310 e. The maximum atomic E-state index is 12.2. The van der Waals surface area contributed by atoms with Gasteiger partial charge in [-0.15, -0.1) is 0 Å². The van der Waals surface area contributed by atoms with Gasteiger partial charge in [0.25, 0.3) is 0 Å². The number of aliphatic hydroxyl groups is 1. The van der Waals surface area contributed by atoms with E-state index in [9.17, 15) is 14.7 Å². The minimum atomic E-state index is -1.04. The summed E-state index contributed by atoms with van der Waals surface area (Å²) in [6, 6.07) is 0. The predicted octanol–water partition coefficient (Wildman–Crippen LogP) is 1.36. The van der Waals surface area contributed by atoms with E-state index < -0.39 is 17.0 Å². The highest BCUT2D eigenvalue weighted by molar-refractivity contribution is 5.98. The molecule has 17 heavy (non-hydrogen) atoms. The van der Waals surface area contributed by atoms with Crippen molar-refractivity contribution in [3.63, 3.8) is 0 Å². The van der Waals surface area contributed by atoms with Crippen molar-refractivity contribution in [2.75, 3.05) is 0 Å². The molecule has 4 heteroatoms. The van der Waals surface area contributed by atoms with Gasteiger partial charge in [0.15, 0.2) is 0 Å². The number of hydrogen-bond donors (Lipinski definition) is 2. The summed E-state index contributed by atoms with van der Waals surface area (Å²) in [7, 11) is 0. The van der Waals surface area contributed by atoms with Gasteiger partial charge in [0.05, 0.1) is 5.60 Å². The van der Waals surface area contributed by atoms with E-state index in [1.165, 1.54) is 0 Å². The van der Waals surface area contributed by atoms with Crippen molar-refractivity contribution in [1.82, 2.24) is 0 Å². The van der Waals surface area contributed by atoms with Crippen molar-refractivity contribution in [1.29, 1.82) is 0 Å². The zero-order valence-electron chi connectivity index (χ0n) is 9.82. The Morgan fingerprint density at radius 1 is 1.12 bits per heavy atom. The van der Waals surface area contributed by atoms with Crippen LogP contribution in [0.4, 0.5) is 0 Å². The molecule has 0 spiro atoms. The molecule has 2 atom stereocenters. The van der Waals surface area contributed by atoms with Crippen molar-refractivity contribution in [3.05, 3.63) is 0 Å². The van der Waals surface area contributed by atoms with Crippen LogP contribution in [0.2, 0.25) is 0 Å². The van der Waals surface area contributed by atoms with Gasteiger partial charge in [0.1, 0.15) is 12.2 Å². The Hall–Kier alpha value is -0.900. The summed E-state index contributed by atoms with van der Waals surface area (Å²) < 4.78 is 0. The van der Waals surface area contributed by atoms with E-state index in [-0.39, 0.29) is 12.2 Å². The summed E-state index contributed by atoms with van der Waals surface area (Å²) in [6.07, 6.45) is 4.46. The highest BCUT2D eigenvalue weighted by Gasteiger charge is 2.59. The van der Waals surface area contributed by atoms with Crippen molar-refractivity contribution in [3.8, 4) is 0 Å². The number of carboxylic acid groups (broad SMARTS) is 1. The Kier molecular flexibility index (Phi) is 2.18. The van der Waals surface area contributed by atoms with Gasteiger partial charge in [-0.3, -0.25) is 9.59 Å². The largest absolute Gasteiger partial charge is 0.481 e. The quantitative estimate of drug-likeness (QED) is 0.728. The van der Waals surface area contributed by atoms with Gasteiger partial charge in [0, 0.05) is 5.41 Å². The Morgan fingerprint density at radius 3 is 2.18 bits per heavy atom. The van der Waals surface area contributed by atoms with Gasteiger partial charge in [-0.2, -0.15) is 0 Å². The van der Waals surface area contributed by atoms with E-state index in [1.54, 1.807) is 0 Å². The van der Waals surface area contributed by atoms with Crippen LogP contribution < -0.4 is 0 Å². The highest BCUT2D eigenvalue weighted by atomic mass is 16.4. The fourth-order valence-electron chi connectivity index (χ4n) is 4.87. The molecule has 4 aliphatic rings. The van der Waals surface area contributed by atoms with Crippen molar-refractivity contribution >= 4 is 11.8 Å². The standard InChI is InChI=1S/C13H18O4/c14-10(2-11(15)16)12-3-8-1-9(4-12)6-13(17,5-8)7-12/h8-9,17H,1-7H2,(H,15,16). The summed E-state index contributed by atoms with van der Waals surface area (Å²) >= 11 is 0. The first kappa shape index (κ1) is 11.2. The Bertz CT molecular complexity index is 373. The fraction of sp³-hybridized carbons (Fsp3) is 0.846. The molecule has 0 aromatic heterocycles. The summed E-state index contributed by atoms with van der Waals surface area (Å²) in [5.41, 5.74) is -1.20. The lowest BCUT2D eigenvalue weighted by molar-refractivity contribution is -0.178. The number of rotatable bonds is 3. The van der Waals surface area contributed by atoms with E-state index in [4.69, 9.17) is 5.11 Å². The molecule has 0 heterocycles. The summed E-state index contributed by atoms with van der Waals surface area (Å²) in [4.78, 5) is 22.9. The van der Waals surface area contributed by atoms with E-state index in [0.29, 0.717) is 18.3 Å². The number of carbonyl (C=O) groups is 2. The zero-order chi connectivity index (χ0) is 12.3. The summed E-state index contributed by atoms with van der Waals surface area (Å²) in [5, 5.41) is 19.2. The number of carbonyl (C=O) groups excluding carboxylic acids is 1. The Morgan fingerprint density at radius 2 is 1.71 bits per heavy atom. The fourth-order valence-corrected chi connectivity index (χ4v) is 4.87. The van der Waals surface area contributed by atoms with Gasteiger partial charge in [0.2, 0.25) is 0 Å². The van der Waals surface area contributed by atoms with Crippen LogP contribution in [0, 0.1) is 17.3 Å². The van der Waals surface area contributed by atoms with E-state index >= 15 is 0 Å². The molecule has 2 unspecified atom stereocenters. The average molecular weight is 238 g/mol. The molecule has 2 N–H and O–H groups in total. The van der Waals surface area contributed by atoms with Gasteiger partial charge >= 0.3 is 5.97 Å². The van der Waals surface area contributed by atoms with Gasteiger partial charge < -0.3 is 10.2 Å². The Labute approximate surface area is 100 Å². The Balaban J connectivity index is 1.88. The number of Topliss-reactive ketones (excluding diaryl/α,β-unsaturated/α-hetero) is 1. The molecule has 4 fully saturated rings. The molecule has 4 rings (SSSR count). The zero-order valence-corrected chi connectivity index (χ0v) is 9.82. The number of ketones is 1. The molecule has 4 saturated carbocycles. The minimum absolute atomic E-state index is 0.155. The lowest BCUT2D eigenvalue weighted by atomic mass is 9.46. The normalized spacial score (nSPS) is 47.1. The van der Waals surface area contributed by atoms with Gasteiger partial charge in [-0.1, -0.05) is 0 Å². The topological polar surface area (TPSA) is 74.6 Å². The third-order valence-electron chi connectivity index (χ3n) is 4.93. The molecule has 4 aliphatic carbocycles. The molecule has 4 bridgehead atoms. The second kappa shape index (κ2) is 3.31. The number of carboxylic acids is 1. The first-order valence-electron chi connectivity index (χ1n) is 6.38. The van der Waals surface area contributed by atoms with E-state index in [0.717, 1.165) is 32.1 Å². The molecule has 0 aromatic carbocycles. The lowest BCUT2D eigenvalue weighted by Crippen LogP contribution is -2.58. The molecule has 0 aliphatic heterocycles. The first-order chi connectivity index (χ1) is 7.91. The number of aliphatic carboxylic acids is 1. The molecule has 94 valence electrons. The van der Waals surface area contributed by atoms with Gasteiger partial charge in [-0.25, -0.2) is 0 Å². The van der Waals surface area contributed by atoms with Crippen LogP contribution in [-0.2, 0) is 9.59 Å². The molecular formula is C13H18O4. The molecule has 0 amide bonds. The van der Waals surface area contributed by atoms with Crippen molar-refractivity contribution in [2.45, 2.75) is 50.5 Å². The maximum absolute atomic E-state index is 12.2. The van der Waals surface area contributed by atoms with Crippen molar-refractivity contribution < 1.29 is 19.8 Å². The van der Waals surface area contributed by atoms with Crippen molar-refractivity contribution in [2.24, 2.45) is 17.3 Å². The number of hydrogen-bond acceptors (Lipinski definition) is 3. The summed E-state index contributed by atoms with van der Waals surface area (Å²) in [5.74, 6) is -0.340. The third-order valence-corrected chi connectivity index (χ3v) is 4.93. The van der Waals surface area contributed by atoms with E-state index in [2.05, 4.69) is 0 Å². The first-order valence-corrected chi connectivity index (χ1v) is 6.38.